The van der Waals surface area contributed by atoms with Crippen LogP contribution in [0, 0.1) is 0 Å². The number of ether oxygens (including phenoxy) is 2. The number of carbonyl (C=O) groups is 3. The van der Waals surface area contributed by atoms with Crippen molar-refractivity contribution in [3.63, 3.8) is 0 Å². The fraction of sp³-hybridized carbons (Fsp3) is 0.319. The number of methoxy groups -OCH3 is 1. The average molecular weight is 801 g/mol. The van der Waals surface area contributed by atoms with Crippen molar-refractivity contribution in [1.82, 2.24) is 15.6 Å². The molecule has 0 radical (unpaired) electrons. The molecule has 4 aromatic carbocycles. The predicted octanol–water partition coefficient (Wildman–Crippen LogP) is 7.98. The van der Waals surface area contributed by atoms with E-state index in [0.717, 1.165) is 21.5 Å². The summed E-state index contributed by atoms with van der Waals surface area (Å²) in [7, 11) is -1.69. The van der Waals surface area contributed by atoms with Crippen LogP contribution in [0.3, 0.4) is 0 Å². The summed E-state index contributed by atoms with van der Waals surface area (Å²) in [5.74, 6) is -0.988. The zero-order chi connectivity index (χ0) is 41.8. The number of amides is 3. The van der Waals surface area contributed by atoms with Crippen LogP contribution < -0.4 is 26.3 Å². The molecule has 0 fully saturated rings. The van der Waals surface area contributed by atoms with Gasteiger partial charge >= 0.3 is 12.2 Å². The van der Waals surface area contributed by atoms with Crippen molar-refractivity contribution in [2.75, 3.05) is 19.0 Å². The lowest BCUT2D eigenvalue weighted by Gasteiger charge is -2.43. The fourth-order valence-electron chi connectivity index (χ4n) is 7.32. The molecule has 0 spiro atoms. The molecule has 58 heavy (non-hydrogen) atoms. The normalized spacial score (nSPS) is 12.9. The molecule has 0 aliphatic rings. The van der Waals surface area contributed by atoms with E-state index in [1.54, 1.807) is 18.3 Å². The number of aryl methyl sites for hydroxylation is 1. The third kappa shape index (κ3) is 11.2. The van der Waals surface area contributed by atoms with E-state index in [1.165, 1.54) is 7.11 Å². The van der Waals surface area contributed by atoms with Gasteiger partial charge in [-0.3, -0.25) is 9.78 Å². The highest BCUT2D eigenvalue weighted by Gasteiger charge is 2.50. The van der Waals surface area contributed by atoms with Crippen LogP contribution in [0.5, 0.6) is 0 Å². The van der Waals surface area contributed by atoms with Crippen molar-refractivity contribution in [3.05, 3.63) is 156 Å². The topological polar surface area (TPSA) is 128 Å². The second-order valence-electron chi connectivity index (χ2n) is 16.3. The van der Waals surface area contributed by atoms with Crippen molar-refractivity contribution in [1.29, 1.82) is 0 Å². The second-order valence-corrected chi connectivity index (χ2v) is 20.6. The first-order valence-electron chi connectivity index (χ1n) is 19.7. The van der Waals surface area contributed by atoms with Gasteiger partial charge in [-0.05, 0) is 72.3 Å². The molecular formula is C47H56N4O6Si. The number of nitrogens with zero attached hydrogens (tertiary/aromatic N) is 1. The lowest BCUT2D eigenvalue weighted by Crippen LogP contribution is -2.67. The standard InChI is InChI=1S/C47H56N4O6Si/c1-46(2,3)57-45(54)49-36(33-56-58(47(4,5)6,37-25-16-10-17-26-37)38-27-18-11-19-28-38)30-31-39-40(29-20-32-48-39)50-43(52)42(51-44(53)55-7)41(34-21-12-8-13-22-34)35-23-14-9-15-24-35/h8-29,32,36,41-42H,30-31,33H2,1-7H3,(H,49,54)(H,50,52)(H,51,53)/t36-,42-/m0/s1. The number of aromatic nitrogens is 1. The third-order valence-corrected chi connectivity index (χ3v) is 14.9. The van der Waals surface area contributed by atoms with Crippen molar-refractivity contribution in [2.24, 2.45) is 0 Å². The van der Waals surface area contributed by atoms with E-state index in [0.29, 0.717) is 24.2 Å². The number of nitrogens with one attached hydrogen (secondary N) is 3. The Bertz CT molecular complexity index is 1990. The van der Waals surface area contributed by atoms with Gasteiger partial charge in [0.15, 0.2) is 0 Å². The van der Waals surface area contributed by atoms with Crippen LogP contribution in [0.1, 0.15) is 70.7 Å². The van der Waals surface area contributed by atoms with Crippen LogP contribution in [-0.2, 0) is 25.1 Å². The molecule has 0 aliphatic carbocycles. The van der Waals surface area contributed by atoms with Crippen LogP contribution in [0.2, 0.25) is 5.04 Å². The first kappa shape index (κ1) is 43.3. The van der Waals surface area contributed by atoms with Crippen LogP contribution >= 0.6 is 0 Å². The van der Waals surface area contributed by atoms with Crippen LogP contribution in [0.4, 0.5) is 15.3 Å². The predicted molar refractivity (Wildman–Crippen MR) is 232 cm³/mol. The Hall–Kier alpha value is -5.78. The van der Waals surface area contributed by atoms with Gasteiger partial charge in [0.2, 0.25) is 5.91 Å². The smallest absolute Gasteiger partial charge is 0.407 e. The van der Waals surface area contributed by atoms with E-state index in [4.69, 9.17) is 13.9 Å². The molecule has 3 N–H and O–H groups in total. The highest BCUT2D eigenvalue weighted by molar-refractivity contribution is 6.99. The number of anilines is 1. The number of rotatable bonds is 15. The van der Waals surface area contributed by atoms with E-state index in [9.17, 15) is 14.4 Å². The molecule has 5 rings (SSSR count). The molecule has 1 heterocycles. The van der Waals surface area contributed by atoms with Crippen molar-refractivity contribution < 1.29 is 28.3 Å². The number of benzene rings is 4. The highest BCUT2D eigenvalue weighted by atomic mass is 28.4. The number of hydrogen-bond donors (Lipinski definition) is 3. The summed E-state index contributed by atoms with van der Waals surface area (Å²) in [6, 6.07) is 41.8. The van der Waals surface area contributed by atoms with Gasteiger partial charge in [0, 0.05) is 12.1 Å². The van der Waals surface area contributed by atoms with Crippen LogP contribution in [-0.4, -0.2) is 62.8 Å². The summed E-state index contributed by atoms with van der Waals surface area (Å²) < 4.78 is 18.0. The Morgan fingerprint density at radius 1 is 0.672 bits per heavy atom. The molecule has 0 aliphatic heterocycles. The Kier molecular flexibility index (Phi) is 14.6. The van der Waals surface area contributed by atoms with E-state index in [2.05, 4.69) is 66.0 Å². The van der Waals surface area contributed by atoms with Gasteiger partial charge in [0.25, 0.3) is 8.32 Å². The fourth-order valence-corrected chi connectivity index (χ4v) is 11.9. The minimum atomic E-state index is -2.96. The highest BCUT2D eigenvalue weighted by Crippen LogP contribution is 2.37. The molecule has 0 bridgehead atoms. The maximum atomic E-state index is 14.4. The summed E-state index contributed by atoms with van der Waals surface area (Å²) in [5, 5.41) is 10.9. The largest absolute Gasteiger partial charge is 0.453 e. The average Bonchev–Trinajstić information content (AvgIpc) is 3.20. The van der Waals surface area contributed by atoms with E-state index in [1.807, 2.05) is 118 Å². The van der Waals surface area contributed by atoms with Crippen LogP contribution in [0.15, 0.2) is 140 Å². The number of alkyl carbamates (subject to hydrolysis) is 2. The molecule has 0 unspecified atom stereocenters. The molecule has 2 atom stereocenters. The maximum absolute atomic E-state index is 14.4. The molecule has 11 heteroatoms. The van der Waals surface area contributed by atoms with E-state index in [-0.39, 0.29) is 11.6 Å². The minimum Gasteiger partial charge on any atom is -0.453 e. The lowest BCUT2D eigenvalue weighted by atomic mass is 9.84. The Labute approximate surface area is 343 Å². The SMILES string of the molecule is COC(=O)N[C@H](C(=O)Nc1cccnc1CC[C@@H](CO[Si](c1ccccc1)(c1ccccc1)C(C)(C)C)NC(=O)OC(C)(C)C)C(c1ccccc1)c1ccccc1. The number of carbonyl (C=O) groups excluding carboxylic acids is 3. The Morgan fingerprint density at radius 3 is 1.67 bits per heavy atom. The van der Waals surface area contributed by atoms with Gasteiger partial charge in [-0.15, -0.1) is 0 Å². The van der Waals surface area contributed by atoms with Gasteiger partial charge in [0.1, 0.15) is 11.6 Å². The first-order chi connectivity index (χ1) is 27.7. The van der Waals surface area contributed by atoms with Gasteiger partial charge < -0.3 is 29.9 Å². The number of hydrogen-bond acceptors (Lipinski definition) is 7. The molecule has 5 aromatic rings. The summed E-state index contributed by atoms with van der Waals surface area (Å²) in [4.78, 5) is 45.2. The molecule has 10 nitrogen and oxygen atoms in total. The molecule has 304 valence electrons. The first-order valence-corrected chi connectivity index (χ1v) is 21.6. The zero-order valence-corrected chi connectivity index (χ0v) is 35.5. The number of pyridine rings is 1. The summed E-state index contributed by atoms with van der Waals surface area (Å²) in [6.45, 7) is 12.3. The maximum Gasteiger partial charge on any atom is 0.407 e. The van der Waals surface area contributed by atoms with Crippen molar-refractivity contribution in [2.45, 2.75) is 83.0 Å². The van der Waals surface area contributed by atoms with Gasteiger partial charge in [-0.2, -0.15) is 0 Å². The summed E-state index contributed by atoms with van der Waals surface area (Å²) in [5.41, 5.74) is 2.05. The Morgan fingerprint density at radius 2 is 1.19 bits per heavy atom. The minimum absolute atomic E-state index is 0.196. The molecule has 1 aromatic heterocycles. The second kappa shape index (κ2) is 19.6. The zero-order valence-electron chi connectivity index (χ0n) is 34.5. The molecule has 0 saturated carbocycles. The van der Waals surface area contributed by atoms with E-state index >= 15 is 0 Å². The van der Waals surface area contributed by atoms with Gasteiger partial charge in [-0.1, -0.05) is 142 Å². The van der Waals surface area contributed by atoms with Crippen molar-refractivity contribution >= 4 is 42.5 Å². The summed E-state index contributed by atoms with van der Waals surface area (Å²) in [6.07, 6.45) is 1.17. The lowest BCUT2D eigenvalue weighted by molar-refractivity contribution is -0.118. The van der Waals surface area contributed by atoms with E-state index < -0.39 is 50.0 Å². The van der Waals surface area contributed by atoms with Gasteiger partial charge in [-0.25, -0.2) is 9.59 Å². The third-order valence-electron chi connectivity index (χ3n) is 9.91. The Balaban J connectivity index is 1.45. The summed E-state index contributed by atoms with van der Waals surface area (Å²) >= 11 is 0. The molecule has 3 amide bonds. The van der Waals surface area contributed by atoms with Crippen molar-refractivity contribution in [3.8, 4) is 0 Å². The molecular weight excluding hydrogens is 745 g/mol. The molecule has 0 saturated heterocycles. The quantitative estimate of drug-likeness (QED) is 0.0917. The van der Waals surface area contributed by atoms with Crippen LogP contribution in [0.25, 0.3) is 0 Å². The monoisotopic (exact) mass is 800 g/mol. The van der Waals surface area contributed by atoms with Gasteiger partial charge in [0.05, 0.1) is 31.1 Å².